The fourth-order valence-electron chi connectivity index (χ4n) is 2.69. The summed E-state index contributed by atoms with van der Waals surface area (Å²) in [5.41, 5.74) is 1.02. The number of hydrogen-bond acceptors (Lipinski definition) is 1. The molecule has 2 aliphatic carbocycles. The first-order chi connectivity index (χ1) is 8.34. The smallest absolute Gasteiger partial charge is 0.144 e. The Morgan fingerprint density at radius 3 is 2.71 bits per heavy atom. The number of benzene rings is 1. The second-order valence-corrected chi connectivity index (χ2v) is 4.74. The van der Waals surface area contributed by atoms with E-state index < -0.39 is 0 Å². The van der Waals surface area contributed by atoms with Crippen molar-refractivity contribution >= 4 is 5.78 Å². The fraction of sp³-hybridized carbons (Fsp3) is 0.312. The molecule has 1 nitrogen and oxygen atoms in total. The van der Waals surface area contributed by atoms with Crippen LogP contribution < -0.4 is 0 Å². The quantitative estimate of drug-likeness (QED) is 0.487. The monoisotopic (exact) mass is 222 g/mol. The summed E-state index contributed by atoms with van der Waals surface area (Å²) in [5.74, 6) is 7.28. The SMILES string of the molecule is O=C1[C@H]2CC[C@@H]1C=C[C@@H]2C#Cc1ccccc1. The average molecular weight is 222 g/mol. The number of Topliss-reactive ketones (excluding diaryl/α,β-unsaturated/α-hetero) is 1. The number of rotatable bonds is 0. The van der Waals surface area contributed by atoms with E-state index in [4.69, 9.17) is 0 Å². The van der Waals surface area contributed by atoms with Crippen molar-refractivity contribution < 1.29 is 4.79 Å². The van der Waals surface area contributed by atoms with Crippen LogP contribution in [-0.2, 0) is 4.79 Å². The molecule has 0 radical (unpaired) electrons. The van der Waals surface area contributed by atoms with E-state index >= 15 is 0 Å². The second-order valence-electron chi connectivity index (χ2n) is 4.74. The van der Waals surface area contributed by atoms with Gasteiger partial charge in [0.15, 0.2) is 0 Å². The minimum absolute atomic E-state index is 0.126. The van der Waals surface area contributed by atoms with Crippen molar-refractivity contribution in [1.29, 1.82) is 0 Å². The second kappa shape index (κ2) is 4.22. The van der Waals surface area contributed by atoms with Gasteiger partial charge in [0.05, 0.1) is 0 Å². The summed E-state index contributed by atoms with van der Waals surface area (Å²) in [6.07, 6.45) is 6.20. The fourth-order valence-corrected chi connectivity index (χ4v) is 2.69. The predicted molar refractivity (Wildman–Crippen MR) is 67.2 cm³/mol. The van der Waals surface area contributed by atoms with Crippen LogP contribution in [0.4, 0.5) is 0 Å². The maximum Gasteiger partial charge on any atom is 0.144 e. The molecule has 0 aliphatic heterocycles. The molecule has 17 heavy (non-hydrogen) atoms. The van der Waals surface area contributed by atoms with Gasteiger partial charge in [0, 0.05) is 23.3 Å². The van der Waals surface area contributed by atoms with Crippen LogP contribution in [0, 0.1) is 29.6 Å². The van der Waals surface area contributed by atoms with Crippen LogP contribution >= 0.6 is 0 Å². The van der Waals surface area contributed by atoms with Crippen molar-refractivity contribution in [3.05, 3.63) is 48.0 Å². The molecule has 2 aliphatic rings. The van der Waals surface area contributed by atoms with Gasteiger partial charge in [0.1, 0.15) is 5.78 Å². The third-order valence-electron chi connectivity index (χ3n) is 3.66. The molecule has 1 fully saturated rings. The Hall–Kier alpha value is -1.81. The number of carbonyl (C=O) groups excluding carboxylic acids is 1. The lowest BCUT2D eigenvalue weighted by atomic mass is 9.84. The zero-order chi connectivity index (χ0) is 11.7. The molecule has 1 saturated carbocycles. The standard InChI is InChI=1S/C16H14O/c17-16-14-9-8-13(15(16)11-10-14)7-6-12-4-2-1-3-5-12/h1-5,8-9,13-15H,10-11H2/t13-,14-,15-/m0/s1. The Labute approximate surface area is 102 Å². The Morgan fingerprint density at radius 2 is 1.88 bits per heavy atom. The summed E-state index contributed by atoms with van der Waals surface area (Å²) in [4.78, 5) is 11.9. The first kappa shape index (κ1) is 10.4. The van der Waals surface area contributed by atoms with Crippen molar-refractivity contribution in [3.63, 3.8) is 0 Å². The van der Waals surface area contributed by atoms with E-state index in [0.29, 0.717) is 5.78 Å². The Balaban J connectivity index is 1.83. The Kier molecular flexibility index (Phi) is 2.57. The molecule has 1 aromatic carbocycles. The summed E-state index contributed by atoms with van der Waals surface area (Å²) in [5, 5.41) is 0. The third kappa shape index (κ3) is 1.91. The van der Waals surface area contributed by atoms with Gasteiger partial charge in [0.25, 0.3) is 0 Å². The van der Waals surface area contributed by atoms with E-state index in [1.165, 1.54) is 0 Å². The predicted octanol–water partition coefficient (Wildman–Crippen LogP) is 2.82. The molecule has 0 spiro atoms. The summed E-state index contributed by atoms with van der Waals surface area (Å²) in [6, 6.07) is 9.95. The highest BCUT2D eigenvalue weighted by atomic mass is 16.1. The number of fused-ring (bicyclic) bond motifs is 2. The largest absolute Gasteiger partial charge is 0.299 e. The van der Waals surface area contributed by atoms with Crippen LogP contribution in [0.1, 0.15) is 18.4 Å². The molecule has 0 aromatic heterocycles. The van der Waals surface area contributed by atoms with Crippen LogP contribution in [0.15, 0.2) is 42.5 Å². The zero-order valence-electron chi connectivity index (χ0n) is 9.60. The molecule has 84 valence electrons. The number of allylic oxidation sites excluding steroid dienone is 2. The van der Waals surface area contributed by atoms with Crippen molar-refractivity contribution in [2.45, 2.75) is 12.8 Å². The highest BCUT2D eigenvalue weighted by Gasteiger charge is 2.39. The molecule has 0 amide bonds. The number of carbonyl (C=O) groups is 1. The third-order valence-corrected chi connectivity index (χ3v) is 3.66. The van der Waals surface area contributed by atoms with Crippen LogP contribution in [-0.4, -0.2) is 5.78 Å². The lowest BCUT2D eigenvalue weighted by Gasteiger charge is -2.17. The molecule has 0 saturated heterocycles. The Morgan fingerprint density at radius 1 is 1.06 bits per heavy atom. The highest BCUT2D eigenvalue weighted by molar-refractivity contribution is 5.89. The van der Waals surface area contributed by atoms with E-state index in [2.05, 4.69) is 24.0 Å². The first-order valence-electron chi connectivity index (χ1n) is 6.13. The van der Waals surface area contributed by atoms with Gasteiger partial charge in [-0.2, -0.15) is 0 Å². The molecular weight excluding hydrogens is 208 g/mol. The molecule has 0 N–H and O–H groups in total. The molecule has 1 heteroatoms. The highest BCUT2D eigenvalue weighted by Crippen LogP contribution is 2.38. The Bertz CT molecular complexity index is 515. The van der Waals surface area contributed by atoms with E-state index in [-0.39, 0.29) is 17.8 Å². The lowest BCUT2D eigenvalue weighted by Crippen LogP contribution is -2.23. The van der Waals surface area contributed by atoms with Gasteiger partial charge in [-0.15, -0.1) is 0 Å². The van der Waals surface area contributed by atoms with Crippen LogP contribution in [0.25, 0.3) is 0 Å². The number of ketones is 1. The average Bonchev–Trinajstić information content (AvgIpc) is 2.62. The van der Waals surface area contributed by atoms with E-state index in [1.807, 2.05) is 30.3 Å². The summed E-state index contributed by atoms with van der Waals surface area (Å²) >= 11 is 0. The van der Waals surface area contributed by atoms with Gasteiger partial charge in [-0.25, -0.2) is 0 Å². The van der Waals surface area contributed by atoms with Crippen molar-refractivity contribution in [2.24, 2.45) is 17.8 Å². The van der Waals surface area contributed by atoms with Gasteiger partial charge in [-0.1, -0.05) is 42.2 Å². The maximum atomic E-state index is 11.9. The van der Waals surface area contributed by atoms with Crippen LogP contribution in [0.3, 0.4) is 0 Å². The van der Waals surface area contributed by atoms with Crippen molar-refractivity contribution in [2.75, 3.05) is 0 Å². The van der Waals surface area contributed by atoms with Gasteiger partial charge < -0.3 is 0 Å². The molecule has 1 aromatic rings. The van der Waals surface area contributed by atoms with Gasteiger partial charge >= 0.3 is 0 Å². The molecule has 0 unspecified atom stereocenters. The van der Waals surface area contributed by atoms with Gasteiger partial charge in [0.2, 0.25) is 0 Å². The van der Waals surface area contributed by atoms with Gasteiger partial charge in [-0.3, -0.25) is 4.79 Å². The first-order valence-corrected chi connectivity index (χ1v) is 6.13. The van der Waals surface area contributed by atoms with Crippen LogP contribution in [0.2, 0.25) is 0 Å². The van der Waals surface area contributed by atoms with E-state index in [1.54, 1.807) is 0 Å². The topological polar surface area (TPSA) is 17.1 Å². The molecule has 2 bridgehead atoms. The van der Waals surface area contributed by atoms with Crippen molar-refractivity contribution in [1.82, 2.24) is 0 Å². The normalized spacial score (nSPS) is 29.9. The van der Waals surface area contributed by atoms with E-state index in [9.17, 15) is 4.79 Å². The summed E-state index contributed by atoms with van der Waals surface area (Å²) in [7, 11) is 0. The lowest BCUT2D eigenvalue weighted by molar-refractivity contribution is -0.123. The van der Waals surface area contributed by atoms with Crippen LogP contribution in [0.5, 0.6) is 0 Å². The molecule has 0 heterocycles. The zero-order valence-corrected chi connectivity index (χ0v) is 9.60. The number of hydrogen-bond donors (Lipinski definition) is 0. The summed E-state index contributed by atoms with van der Waals surface area (Å²) in [6.45, 7) is 0. The molecular formula is C16H14O. The molecule has 3 rings (SSSR count). The minimum Gasteiger partial charge on any atom is -0.299 e. The maximum absolute atomic E-state index is 11.9. The van der Waals surface area contributed by atoms with Gasteiger partial charge in [-0.05, 0) is 25.0 Å². The minimum atomic E-state index is 0.126. The van der Waals surface area contributed by atoms with E-state index in [0.717, 1.165) is 18.4 Å². The van der Waals surface area contributed by atoms with Crippen molar-refractivity contribution in [3.8, 4) is 11.8 Å². The summed E-state index contributed by atoms with van der Waals surface area (Å²) < 4.78 is 0. The molecule has 3 atom stereocenters.